The van der Waals surface area contributed by atoms with Crippen LogP contribution in [0.5, 0.6) is 5.75 Å². The highest BCUT2D eigenvalue weighted by molar-refractivity contribution is 5.76. The molecule has 1 atom stereocenters. The fraction of sp³-hybridized carbons (Fsp3) is 0.500. The predicted molar refractivity (Wildman–Crippen MR) is 76.8 cm³/mol. The molecule has 2 rings (SSSR count). The number of nitrogens with zero attached hydrogens (tertiary/aromatic N) is 2. The molecule has 1 aromatic rings. The number of hydrogen-bond donors (Lipinski definition) is 1. The van der Waals surface area contributed by atoms with E-state index in [9.17, 15) is 20.0 Å². The number of carboxylic acids is 1. The number of nitro benzene ring substituents is 1. The minimum Gasteiger partial charge on any atom is -0.494 e. The van der Waals surface area contributed by atoms with E-state index in [4.69, 9.17) is 4.74 Å². The summed E-state index contributed by atoms with van der Waals surface area (Å²) in [5, 5.41) is 20.3. The van der Waals surface area contributed by atoms with Crippen molar-refractivity contribution in [2.45, 2.75) is 20.3 Å². The van der Waals surface area contributed by atoms with Crippen molar-refractivity contribution in [1.29, 1.82) is 0 Å². The first-order chi connectivity index (χ1) is 9.85. The normalized spacial score (nSPS) is 21.3. The van der Waals surface area contributed by atoms with Gasteiger partial charge in [-0.15, -0.1) is 0 Å². The maximum absolute atomic E-state index is 11.3. The van der Waals surface area contributed by atoms with Gasteiger partial charge in [-0.05, 0) is 20.3 Å². The predicted octanol–water partition coefficient (Wildman–Crippen LogP) is 2.29. The van der Waals surface area contributed by atoms with Crippen molar-refractivity contribution in [1.82, 2.24) is 0 Å². The molecule has 1 aliphatic heterocycles. The molecule has 1 aromatic carbocycles. The second-order valence-corrected chi connectivity index (χ2v) is 5.41. The highest BCUT2D eigenvalue weighted by Gasteiger charge is 2.40. The Balaban J connectivity index is 2.31. The van der Waals surface area contributed by atoms with Crippen LogP contribution in [0, 0.1) is 15.5 Å². The van der Waals surface area contributed by atoms with Gasteiger partial charge in [-0.3, -0.25) is 14.9 Å². The molecule has 0 radical (unpaired) electrons. The molecule has 0 saturated carbocycles. The van der Waals surface area contributed by atoms with Crippen LogP contribution in [0.4, 0.5) is 11.4 Å². The van der Waals surface area contributed by atoms with Crippen LogP contribution in [0.1, 0.15) is 20.3 Å². The molecule has 21 heavy (non-hydrogen) atoms. The molecule has 0 bridgehead atoms. The van der Waals surface area contributed by atoms with Gasteiger partial charge in [0.2, 0.25) is 0 Å². The van der Waals surface area contributed by atoms with E-state index >= 15 is 0 Å². The second kappa shape index (κ2) is 5.59. The van der Waals surface area contributed by atoms with Crippen molar-refractivity contribution in [2.24, 2.45) is 5.41 Å². The monoisotopic (exact) mass is 294 g/mol. The number of ether oxygens (including phenoxy) is 1. The number of nitro groups is 1. The van der Waals surface area contributed by atoms with Crippen molar-refractivity contribution >= 4 is 17.3 Å². The first kappa shape index (κ1) is 15.1. The van der Waals surface area contributed by atoms with Gasteiger partial charge in [0, 0.05) is 30.9 Å². The van der Waals surface area contributed by atoms with E-state index in [0.717, 1.165) is 0 Å². The van der Waals surface area contributed by atoms with Crippen LogP contribution in [0.25, 0.3) is 0 Å². The molecule has 1 saturated heterocycles. The summed E-state index contributed by atoms with van der Waals surface area (Å²) >= 11 is 0. The number of anilines is 1. The molecule has 0 amide bonds. The van der Waals surface area contributed by atoms with Crippen LogP contribution >= 0.6 is 0 Å². The lowest BCUT2D eigenvalue weighted by molar-refractivity contribution is -0.384. The fourth-order valence-corrected chi connectivity index (χ4v) is 2.46. The number of carboxylic acid groups (broad SMARTS) is 1. The average Bonchev–Trinajstić information content (AvgIpc) is 2.83. The third-order valence-electron chi connectivity index (χ3n) is 3.75. The number of non-ortho nitro benzene ring substituents is 1. The van der Waals surface area contributed by atoms with Gasteiger partial charge in [0.25, 0.3) is 5.69 Å². The standard InChI is InChI=1S/C14H18N2O5/c1-3-21-12-7-10(6-11(8-12)16(19)20)15-5-4-14(2,9-15)13(17)18/h6-8H,3-5,9H2,1-2H3,(H,17,18). The number of carbonyl (C=O) groups is 1. The first-order valence-corrected chi connectivity index (χ1v) is 6.76. The van der Waals surface area contributed by atoms with E-state index in [1.165, 1.54) is 12.1 Å². The topological polar surface area (TPSA) is 92.9 Å². The van der Waals surface area contributed by atoms with Crippen LogP contribution in [0.2, 0.25) is 0 Å². The van der Waals surface area contributed by atoms with Crippen molar-refractivity contribution in [3.05, 3.63) is 28.3 Å². The van der Waals surface area contributed by atoms with E-state index in [-0.39, 0.29) is 5.69 Å². The smallest absolute Gasteiger partial charge is 0.311 e. The Bertz CT molecular complexity index is 574. The molecule has 1 heterocycles. The zero-order valence-electron chi connectivity index (χ0n) is 12.0. The Morgan fingerprint density at radius 3 is 2.76 bits per heavy atom. The molecule has 1 N–H and O–H groups in total. The fourth-order valence-electron chi connectivity index (χ4n) is 2.46. The van der Waals surface area contributed by atoms with Gasteiger partial charge >= 0.3 is 5.97 Å². The van der Waals surface area contributed by atoms with Crippen LogP contribution in [0.3, 0.4) is 0 Å². The van der Waals surface area contributed by atoms with Crippen molar-refractivity contribution < 1.29 is 19.6 Å². The van der Waals surface area contributed by atoms with E-state index in [1.54, 1.807) is 19.9 Å². The zero-order chi connectivity index (χ0) is 15.6. The third-order valence-corrected chi connectivity index (χ3v) is 3.75. The molecule has 7 heteroatoms. The summed E-state index contributed by atoms with van der Waals surface area (Å²) in [5.41, 5.74) is -0.256. The van der Waals surface area contributed by atoms with Gasteiger partial charge in [0.1, 0.15) is 5.75 Å². The zero-order valence-corrected chi connectivity index (χ0v) is 12.0. The molecule has 114 valence electrons. The van der Waals surface area contributed by atoms with Gasteiger partial charge in [-0.25, -0.2) is 0 Å². The van der Waals surface area contributed by atoms with Crippen molar-refractivity contribution in [3.8, 4) is 5.75 Å². The maximum atomic E-state index is 11.3. The van der Waals surface area contributed by atoms with Crippen molar-refractivity contribution in [2.75, 3.05) is 24.6 Å². The number of benzene rings is 1. The van der Waals surface area contributed by atoms with E-state index in [0.29, 0.717) is 37.6 Å². The third kappa shape index (κ3) is 3.07. The van der Waals surface area contributed by atoms with Gasteiger partial charge < -0.3 is 14.7 Å². The summed E-state index contributed by atoms with van der Waals surface area (Å²) in [5.74, 6) is -0.425. The number of aliphatic carboxylic acids is 1. The minimum absolute atomic E-state index is 0.0557. The molecular weight excluding hydrogens is 276 g/mol. The maximum Gasteiger partial charge on any atom is 0.311 e. The Labute approximate surface area is 122 Å². The summed E-state index contributed by atoms with van der Waals surface area (Å²) in [4.78, 5) is 23.7. The average molecular weight is 294 g/mol. The molecule has 1 fully saturated rings. The van der Waals surface area contributed by atoms with Gasteiger partial charge in [0.05, 0.1) is 23.0 Å². The lowest BCUT2D eigenvalue weighted by Gasteiger charge is -2.22. The van der Waals surface area contributed by atoms with Crippen LogP contribution in [-0.2, 0) is 4.79 Å². The lowest BCUT2D eigenvalue weighted by atomic mass is 9.90. The number of rotatable bonds is 5. The van der Waals surface area contributed by atoms with E-state index < -0.39 is 16.3 Å². The largest absolute Gasteiger partial charge is 0.494 e. The van der Waals surface area contributed by atoms with Gasteiger partial charge in [-0.2, -0.15) is 0 Å². The number of hydrogen-bond acceptors (Lipinski definition) is 5. The quantitative estimate of drug-likeness (QED) is 0.661. The Morgan fingerprint density at radius 1 is 1.52 bits per heavy atom. The summed E-state index contributed by atoms with van der Waals surface area (Å²) in [6, 6.07) is 4.54. The van der Waals surface area contributed by atoms with Crippen LogP contribution in [-0.4, -0.2) is 35.7 Å². The molecule has 7 nitrogen and oxygen atoms in total. The van der Waals surface area contributed by atoms with E-state index in [1.807, 2.05) is 4.90 Å². The van der Waals surface area contributed by atoms with Gasteiger partial charge in [0.15, 0.2) is 0 Å². The van der Waals surface area contributed by atoms with Crippen LogP contribution < -0.4 is 9.64 Å². The summed E-state index contributed by atoms with van der Waals surface area (Å²) in [6.45, 7) is 4.78. The molecule has 0 spiro atoms. The summed E-state index contributed by atoms with van der Waals surface area (Å²) in [7, 11) is 0. The minimum atomic E-state index is -0.847. The molecular formula is C14H18N2O5. The Hall–Kier alpha value is -2.31. The lowest BCUT2D eigenvalue weighted by Crippen LogP contribution is -2.31. The molecule has 1 unspecified atom stereocenters. The highest BCUT2D eigenvalue weighted by atomic mass is 16.6. The Morgan fingerprint density at radius 2 is 2.24 bits per heavy atom. The van der Waals surface area contributed by atoms with E-state index in [2.05, 4.69) is 0 Å². The highest BCUT2D eigenvalue weighted by Crippen LogP contribution is 2.36. The second-order valence-electron chi connectivity index (χ2n) is 5.41. The Kier molecular flexibility index (Phi) is 4.02. The molecule has 0 aromatic heterocycles. The summed E-state index contributed by atoms with van der Waals surface area (Å²) < 4.78 is 5.35. The van der Waals surface area contributed by atoms with Crippen molar-refractivity contribution in [3.63, 3.8) is 0 Å². The van der Waals surface area contributed by atoms with Gasteiger partial charge in [-0.1, -0.05) is 0 Å². The van der Waals surface area contributed by atoms with Crippen LogP contribution in [0.15, 0.2) is 18.2 Å². The molecule has 1 aliphatic rings. The summed E-state index contributed by atoms with van der Waals surface area (Å²) in [6.07, 6.45) is 0.509. The molecule has 0 aliphatic carbocycles. The SMILES string of the molecule is CCOc1cc(N2CCC(C)(C(=O)O)C2)cc([N+](=O)[O-])c1. The first-order valence-electron chi connectivity index (χ1n) is 6.76.